The molecule has 25 heavy (non-hydrogen) atoms. The minimum atomic E-state index is -0.147. The Kier molecular flexibility index (Phi) is 3.97. The average Bonchev–Trinajstić information content (AvgIpc) is 3.17. The van der Waals surface area contributed by atoms with E-state index in [9.17, 15) is 4.79 Å². The molecule has 1 fully saturated rings. The molecule has 0 saturated carbocycles. The summed E-state index contributed by atoms with van der Waals surface area (Å²) in [5, 5.41) is 3.41. The molecule has 6 heteroatoms. The molecule has 0 radical (unpaired) electrons. The lowest BCUT2D eigenvalue weighted by Crippen LogP contribution is -2.19. The van der Waals surface area contributed by atoms with Gasteiger partial charge in [0.2, 0.25) is 6.79 Å². The predicted octanol–water partition coefficient (Wildman–Crippen LogP) is 3.92. The molecule has 5 nitrogen and oxygen atoms in total. The van der Waals surface area contributed by atoms with Crippen LogP contribution in [0.15, 0.2) is 46.3 Å². The Labute approximate surface area is 149 Å². The molecule has 2 aliphatic heterocycles. The summed E-state index contributed by atoms with van der Waals surface area (Å²) in [5.41, 5.74) is 3.96. The number of rotatable bonds is 2. The van der Waals surface area contributed by atoms with E-state index in [1.54, 1.807) is 0 Å². The van der Waals surface area contributed by atoms with E-state index in [0.29, 0.717) is 15.8 Å². The number of ether oxygens (including phenoxy) is 2. The van der Waals surface area contributed by atoms with Crippen molar-refractivity contribution in [3.63, 3.8) is 0 Å². The van der Waals surface area contributed by atoms with Crippen LogP contribution in [-0.4, -0.2) is 17.9 Å². The minimum Gasteiger partial charge on any atom is -0.454 e. The lowest BCUT2D eigenvalue weighted by Gasteiger charge is -2.02. The van der Waals surface area contributed by atoms with Crippen LogP contribution in [0, 0.1) is 13.8 Å². The third-order valence-electron chi connectivity index (χ3n) is 3.93. The van der Waals surface area contributed by atoms with Crippen molar-refractivity contribution in [2.75, 3.05) is 6.79 Å². The van der Waals surface area contributed by atoms with E-state index in [2.05, 4.69) is 10.3 Å². The molecule has 0 unspecified atom stereocenters. The summed E-state index contributed by atoms with van der Waals surface area (Å²) >= 11 is 1.33. The number of hydrogen-bond acceptors (Lipinski definition) is 5. The van der Waals surface area contributed by atoms with Gasteiger partial charge in [-0.25, -0.2) is 4.99 Å². The molecule has 0 atom stereocenters. The van der Waals surface area contributed by atoms with Gasteiger partial charge in [-0.05, 0) is 66.6 Å². The Morgan fingerprint density at radius 2 is 1.96 bits per heavy atom. The van der Waals surface area contributed by atoms with Gasteiger partial charge in [-0.2, -0.15) is 0 Å². The standard InChI is InChI=1S/C19H16N2O3S/c1-11-3-4-12(2)14(7-11)20-19-21-18(22)17(25-19)9-13-5-6-15-16(8-13)24-10-23-15/h3-9H,10H2,1-2H3,(H,20,21,22)/b17-9+. The maximum Gasteiger partial charge on any atom is 0.264 e. The Bertz CT molecular complexity index is 934. The topological polar surface area (TPSA) is 59.9 Å². The van der Waals surface area contributed by atoms with E-state index in [1.807, 2.05) is 56.3 Å². The second-order valence-corrected chi connectivity index (χ2v) is 6.92. The first kappa shape index (κ1) is 15.8. The highest BCUT2D eigenvalue weighted by atomic mass is 32.2. The molecule has 4 rings (SSSR count). The van der Waals surface area contributed by atoms with Crippen molar-refractivity contribution < 1.29 is 14.3 Å². The van der Waals surface area contributed by atoms with Crippen molar-refractivity contribution in [3.05, 3.63) is 58.0 Å². The highest BCUT2D eigenvalue weighted by Gasteiger charge is 2.24. The number of amidine groups is 1. The summed E-state index contributed by atoms with van der Waals surface area (Å²) in [5.74, 6) is 1.27. The number of aryl methyl sites for hydroxylation is 2. The van der Waals surface area contributed by atoms with E-state index < -0.39 is 0 Å². The van der Waals surface area contributed by atoms with Crippen molar-refractivity contribution in [3.8, 4) is 11.5 Å². The fraction of sp³-hybridized carbons (Fsp3) is 0.158. The first-order valence-electron chi connectivity index (χ1n) is 7.85. The second kappa shape index (κ2) is 6.29. The number of fused-ring (bicyclic) bond motifs is 1. The zero-order valence-corrected chi connectivity index (χ0v) is 14.6. The Hall–Kier alpha value is -2.73. The molecule has 2 heterocycles. The lowest BCUT2D eigenvalue weighted by molar-refractivity contribution is -0.115. The molecule has 1 N–H and O–H groups in total. The fourth-order valence-electron chi connectivity index (χ4n) is 2.58. The van der Waals surface area contributed by atoms with Gasteiger partial charge in [0.25, 0.3) is 5.91 Å². The third kappa shape index (κ3) is 3.25. The maximum absolute atomic E-state index is 12.2. The monoisotopic (exact) mass is 352 g/mol. The number of benzene rings is 2. The van der Waals surface area contributed by atoms with Crippen LogP contribution in [0.25, 0.3) is 6.08 Å². The van der Waals surface area contributed by atoms with Crippen LogP contribution in [0.3, 0.4) is 0 Å². The average molecular weight is 352 g/mol. The molecule has 2 aliphatic rings. The first-order valence-corrected chi connectivity index (χ1v) is 8.67. The summed E-state index contributed by atoms with van der Waals surface area (Å²) < 4.78 is 10.7. The van der Waals surface area contributed by atoms with E-state index in [0.717, 1.165) is 28.1 Å². The molecule has 1 saturated heterocycles. The minimum absolute atomic E-state index is 0.147. The SMILES string of the molecule is Cc1ccc(C)c(N=C2NC(=O)/C(=C\c3ccc4c(c3)OCO4)S2)c1. The van der Waals surface area contributed by atoms with Crippen molar-refractivity contribution in [1.29, 1.82) is 0 Å². The van der Waals surface area contributed by atoms with Crippen molar-refractivity contribution >= 4 is 34.6 Å². The normalized spacial score (nSPS) is 18.9. The quantitative estimate of drug-likeness (QED) is 0.832. The lowest BCUT2D eigenvalue weighted by atomic mass is 10.1. The summed E-state index contributed by atoms with van der Waals surface area (Å²) in [6.07, 6.45) is 1.83. The van der Waals surface area contributed by atoms with Crippen LogP contribution in [0.1, 0.15) is 16.7 Å². The maximum atomic E-state index is 12.2. The smallest absolute Gasteiger partial charge is 0.264 e. The molecule has 0 spiro atoms. The molecular formula is C19H16N2O3S. The molecule has 1 amide bonds. The molecule has 0 bridgehead atoms. The highest BCUT2D eigenvalue weighted by molar-refractivity contribution is 8.18. The second-order valence-electron chi connectivity index (χ2n) is 5.88. The van der Waals surface area contributed by atoms with Crippen LogP contribution in [0.2, 0.25) is 0 Å². The zero-order valence-electron chi connectivity index (χ0n) is 13.8. The number of nitrogens with zero attached hydrogens (tertiary/aromatic N) is 1. The van der Waals surface area contributed by atoms with Crippen LogP contribution in [-0.2, 0) is 4.79 Å². The number of nitrogens with one attached hydrogen (secondary N) is 1. The number of thioether (sulfide) groups is 1. The van der Waals surface area contributed by atoms with Gasteiger partial charge in [-0.15, -0.1) is 0 Å². The number of amides is 1. The van der Waals surface area contributed by atoms with E-state index in [1.165, 1.54) is 11.8 Å². The molecule has 2 aromatic rings. The molecule has 2 aromatic carbocycles. The van der Waals surface area contributed by atoms with Gasteiger partial charge >= 0.3 is 0 Å². The fourth-order valence-corrected chi connectivity index (χ4v) is 3.42. The predicted molar refractivity (Wildman–Crippen MR) is 99.3 cm³/mol. The van der Waals surface area contributed by atoms with Gasteiger partial charge in [-0.1, -0.05) is 18.2 Å². The van der Waals surface area contributed by atoms with Crippen molar-refractivity contribution in [1.82, 2.24) is 5.32 Å². The third-order valence-corrected chi connectivity index (χ3v) is 4.84. The zero-order chi connectivity index (χ0) is 17.4. The van der Waals surface area contributed by atoms with Gasteiger partial charge in [0.1, 0.15) is 0 Å². The van der Waals surface area contributed by atoms with Crippen molar-refractivity contribution in [2.45, 2.75) is 13.8 Å². The van der Waals surface area contributed by atoms with Crippen LogP contribution >= 0.6 is 11.8 Å². The van der Waals surface area contributed by atoms with Gasteiger partial charge in [-0.3, -0.25) is 4.79 Å². The highest BCUT2D eigenvalue weighted by Crippen LogP contribution is 2.35. The Morgan fingerprint density at radius 1 is 1.12 bits per heavy atom. The number of carbonyl (C=O) groups is 1. The van der Waals surface area contributed by atoms with Crippen molar-refractivity contribution in [2.24, 2.45) is 4.99 Å². The first-order chi connectivity index (χ1) is 12.1. The summed E-state index contributed by atoms with van der Waals surface area (Å²) in [4.78, 5) is 17.4. The number of aliphatic imine (C=N–C) groups is 1. The summed E-state index contributed by atoms with van der Waals surface area (Å²) in [6.45, 7) is 4.26. The molecule has 0 aromatic heterocycles. The van der Waals surface area contributed by atoms with Crippen LogP contribution in [0.4, 0.5) is 5.69 Å². The Morgan fingerprint density at radius 3 is 2.84 bits per heavy atom. The van der Waals surface area contributed by atoms with Gasteiger partial charge in [0.05, 0.1) is 10.6 Å². The Balaban J connectivity index is 1.60. The number of carbonyl (C=O) groups excluding carboxylic acids is 1. The molecule has 126 valence electrons. The molecule has 0 aliphatic carbocycles. The van der Waals surface area contributed by atoms with E-state index >= 15 is 0 Å². The van der Waals surface area contributed by atoms with Gasteiger partial charge in [0.15, 0.2) is 16.7 Å². The largest absolute Gasteiger partial charge is 0.454 e. The van der Waals surface area contributed by atoms with Gasteiger partial charge in [0, 0.05) is 0 Å². The van der Waals surface area contributed by atoms with E-state index in [4.69, 9.17) is 9.47 Å². The van der Waals surface area contributed by atoms with Crippen LogP contribution < -0.4 is 14.8 Å². The molecular weight excluding hydrogens is 336 g/mol. The number of hydrogen-bond donors (Lipinski definition) is 1. The van der Waals surface area contributed by atoms with Crippen LogP contribution in [0.5, 0.6) is 11.5 Å². The summed E-state index contributed by atoms with van der Waals surface area (Å²) in [7, 11) is 0. The van der Waals surface area contributed by atoms with E-state index in [-0.39, 0.29) is 12.7 Å². The summed E-state index contributed by atoms with van der Waals surface area (Å²) in [6, 6.07) is 11.7. The van der Waals surface area contributed by atoms with Gasteiger partial charge < -0.3 is 14.8 Å².